The number of benzene rings is 2. The van der Waals surface area contributed by atoms with Crippen LogP contribution in [0, 0.1) is 0 Å². The highest BCUT2D eigenvalue weighted by molar-refractivity contribution is 5.81. The number of ether oxygens (including phenoxy) is 1. The van der Waals surface area contributed by atoms with E-state index in [9.17, 15) is 0 Å². The summed E-state index contributed by atoms with van der Waals surface area (Å²) >= 11 is 0. The predicted molar refractivity (Wildman–Crippen MR) is 83.8 cm³/mol. The summed E-state index contributed by atoms with van der Waals surface area (Å²) in [5.74, 6) is 0.651. The fourth-order valence-corrected chi connectivity index (χ4v) is 2.22. The molecule has 1 heterocycles. The van der Waals surface area contributed by atoms with E-state index in [-0.39, 0.29) is 0 Å². The lowest BCUT2D eigenvalue weighted by Crippen LogP contribution is -1.98. The van der Waals surface area contributed by atoms with E-state index < -0.39 is 0 Å². The topological polar surface area (TPSA) is 66.0 Å². The minimum absolute atomic E-state index is 0.572. The number of rotatable bonds is 4. The second-order valence-corrected chi connectivity index (χ2v) is 4.82. The van der Waals surface area contributed by atoms with Crippen LogP contribution in [0.2, 0.25) is 0 Å². The Morgan fingerprint density at radius 2 is 1.71 bits per heavy atom. The van der Waals surface area contributed by atoms with Crippen molar-refractivity contribution in [3.8, 4) is 11.4 Å². The average Bonchev–Trinajstić information content (AvgIpc) is 2.91. The zero-order valence-corrected chi connectivity index (χ0v) is 12.2. The minimum atomic E-state index is 0.572. The van der Waals surface area contributed by atoms with Gasteiger partial charge in [0.15, 0.2) is 0 Å². The van der Waals surface area contributed by atoms with Crippen LogP contribution in [-0.2, 0) is 6.42 Å². The summed E-state index contributed by atoms with van der Waals surface area (Å²) in [5, 5.41) is 8.96. The zero-order valence-electron chi connectivity index (χ0n) is 12.2. The molecular formula is C16H18N4O. The van der Waals surface area contributed by atoms with Crippen molar-refractivity contribution in [1.29, 1.82) is 0 Å². The number of nitrogen functional groups attached to an aromatic ring is 1. The second-order valence-electron chi connectivity index (χ2n) is 4.82. The number of aryl methyl sites for hydroxylation is 1. The first-order valence-electron chi connectivity index (χ1n) is 7.10. The van der Waals surface area contributed by atoms with E-state index in [1.807, 2.05) is 25.1 Å². The average molecular weight is 282 g/mol. The molecular weight excluding hydrogens is 264 g/mol. The normalized spacial score (nSPS) is 11.0. The third-order valence-electron chi connectivity index (χ3n) is 3.39. The van der Waals surface area contributed by atoms with Crippen molar-refractivity contribution in [3.05, 3.63) is 42.0 Å². The molecule has 0 aliphatic rings. The first-order chi connectivity index (χ1) is 10.2. The Balaban J connectivity index is 2.03. The van der Waals surface area contributed by atoms with Gasteiger partial charge in [-0.3, -0.25) is 0 Å². The van der Waals surface area contributed by atoms with E-state index in [1.54, 1.807) is 10.9 Å². The van der Waals surface area contributed by atoms with Crippen LogP contribution in [0.5, 0.6) is 5.75 Å². The molecule has 1 aromatic heterocycles. The van der Waals surface area contributed by atoms with Gasteiger partial charge in [-0.1, -0.05) is 19.1 Å². The van der Waals surface area contributed by atoms with Crippen molar-refractivity contribution in [2.75, 3.05) is 12.3 Å². The third-order valence-corrected chi connectivity index (χ3v) is 3.39. The maximum atomic E-state index is 5.96. The van der Waals surface area contributed by atoms with E-state index in [2.05, 4.69) is 29.3 Å². The van der Waals surface area contributed by atoms with E-state index in [0.29, 0.717) is 18.0 Å². The summed E-state index contributed by atoms with van der Waals surface area (Å²) in [4.78, 5) is 1.62. The van der Waals surface area contributed by atoms with Gasteiger partial charge in [-0.2, -0.15) is 4.80 Å². The van der Waals surface area contributed by atoms with Gasteiger partial charge in [-0.25, -0.2) is 0 Å². The molecule has 21 heavy (non-hydrogen) atoms. The second kappa shape index (κ2) is 5.44. The molecule has 0 aliphatic heterocycles. The van der Waals surface area contributed by atoms with Crippen LogP contribution in [-0.4, -0.2) is 21.6 Å². The van der Waals surface area contributed by atoms with Crippen molar-refractivity contribution in [2.24, 2.45) is 0 Å². The lowest BCUT2D eigenvalue weighted by atomic mass is 10.2. The predicted octanol–water partition coefficient (Wildman–Crippen LogP) is 2.96. The van der Waals surface area contributed by atoms with Gasteiger partial charge in [0.05, 0.1) is 18.0 Å². The highest BCUT2D eigenvalue weighted by Crippen LogP contribution is 2.26. The summed E-state index contributed by atoms with van der Waals surface area (Å²) in [6.45, 7) is 4.63. The van der Waals surface area contributed by atoms with Gasteiger partial charge in [0, 0.05) is 6.07 Å². The first-order valence-corrected chi connectivity index (χ1v) is 7.10. The molecule has 3 aromatic rings. The van der Waals surface area contributed by atoms with E-state index in [4.69, 9.17) is 10.5 Å². The molecule has 0 fully saturated rings. The molecule has 0 spiro atoms. The molecule has 108 valence electrons. The van der Waals surface area contributed by atoms with Gasteiger partial charge in [-0.15, -0.1) is 10.2 Å². The van der Waals surface area contributed by atoms with Crippen molar-refractivity contribution >= 4 is 16.7 Å². The molecule has 0 atom stereocenters. The molecule has 5 nitrogen and oxygen atoms in total. The standard InChI is InChI=1S/C16H18N4O/c1-3-11-5-7-12(8-6-11)20-18-14-9-13(17)16(21-4-2)10-15(14)19-20/h5-10H,3-4,17H2,1-2H3. The Hall–Kier alpha value is -2.56. The van der Waals surface area contributed by atoms with E-state index >= 15 is 0 Å². The molecule has 0 bridgehead atoms. The smallest absolute Gasteiger partial charge is 0.144 e. The number of hydrogen-bond donors (Lipinski definition) is 1. The molecule has 2 aromatic carbocycles. The Kier molecular flexibility index (Phi) is 3.48. The highest BCUT2D eigenvalue weighted by atomic mass is 16.5. The van der Waals surface area contributed by atoms with Crippen molar-refractivity contribution < 1.29 is 4.74 Å². The maximum absolute atomic E-state index is 5.96. The SMILES string of the molecule is CCOc1cc2nn(-c3ccc(CC)cc3)nc2cc1N. The molecule has 0 aliphatic carbocycles. The maximum Gasteiger partial charge on any atom is 0.144 e. The van der Waals surface area contributed by atoms with Crippen LogP contribution in [0.3, 0.4) is 0 Å². The van der Waals surface area contributed by atoms with Gasteiger partial charge < -0.3 is 10.5 Å². The van der Waals surface area contributed by atoms with Crippen LogP contribution in [0.15, 0.2) is 36.4 Å². The molecule has 3 rings (SSSR count). The van der Waals surface area contributed by atoms with Gasteiger partial charge >= 0.3 is 0 Å². The van der Waals surface area contributed by atoms with Gasteiger partial charge in [0.2, 0.25) is 0 Å². The summed E-state index contributed by atoms with van der Waals surface area (Å²) in [5.41, 5.74) is 10.3. The monoisotopic (exact) mass is 282 g/mol. The Bertz CT molecular complexity index is 762. The number of nitrogens with two attached hydrogens (primary N) is 1. The summed E-state index contributed by atoms with van der Waals surface area (Å²) in [7, 11) is 0. The van der Waals surface area contributed by atoms with Crippen LogP contribution in [0.1, 0.15) is 19.4 Å². The Morgan fingerprint density at radius 1 is 1.05 bits per heavy atom. The van der Waals surface area contributed by atoms with Crippen LogP contribution < -0.4 is 10.5 Å². The fraction of sp³-hybridized carbons (Fsp3) is 0.250. The first kappa shape index (κ1) is 13.4. The minimum Gasteiger partial charge on any atom is -0.492 e. The molecule has 0 amide bonds. The van der Waals surface area contributed by atoms with Crippen LogP contribution in [0.25, 0.3) is 16.7 Å². The number of anilines is 1. The Labute approximate surface area is 123 Å². The zero-order chi connectivity index (χ0) is 14.8. The fourth-order valence-electron chi connectivity index (χ4n) is 2.22. The molecule has 0 saturated heterocycles. The largest absolute Gasteiger partial charge is 0.492 e. The van der Waals surface area contributed by atoms with Gasteiger partial charge in [0.1, 0.15) is 16.8 Å². The van der Waals surface area contributed by atoms with E-state index in [0.717, 1.165) is 23.1 Å². The quantitative estimate of drug-likeness (QED) is 0.747. The van der Waals surface area contributed by atoms with Crippen molar-refractivity contribution in [2.45, 2.75) is 20.3 Å². The summed E-state index contributed by atoms with van der Waals surface area (Å²) in [6, 6.07) is 11.8. The van der Waals surface area contributed by atoms with E-state index in [1.165, 1.54) is 5.56 Å². The van der Waals surface area contributed by atoms with Gasteiger partial charge in [-0.05, 0) is 37.1 Å². The lowest BCUT2D eigenvalue weighted by molar-refractivity contribution is 0.342. The van der Waals surface area contributed by atoms with Crippen molar-refractivity contribution in [1.82, 2.24) is 15.0 Å². The molecule has 2 N–H and O–H groups in total. The van der Waals surface area contributed by atoms with Gasteiger partial charge in [0.25, 0.3) is 0 Å². The summed E-state index contributed by atoms with van der Waals surface area (Å²) < 4.78 is 5.49. The molecule has 0 radical (unpaired) electrons. The highest BCUT2D eigenvalue weighted by Gasteiger charge is 2.09. The number of nitrogens with zero attached hydrogens (tertiary/aromatic N) is 3. The van der Waals surface area contributed by atoms with Crippen LogP contribution >= 0.6 is 0 Å². The third kappa shape index (κ3) is 2.54. The number of aromatic nitrogens is 3. The van der Waals surface area contributed by atoms with Crippen LogP contribution in [0.4, 0.5) is 5.69 Å². The van der Waals surface area contributed by atoms with Crippen molar-refractivity contribution in [3.63, 3.8) is 0 Å². The number of fused-ring (bicyclic) bond motifs is 1. The molecule has 0 unspecified atom stereocenters. The molecule has 0 saturated carbocycles. The number of hydrogen-bond acceptors (Lipinski definition) is 4. The Morgan fingerprint density at radius 3 is 2.33 bits per heavy atom. The summed E-state index contributed by atoms with van der Waals surface area (Å²) in [6.07, 6.45) is 1.02. The molecule has 5 heteroatoms. The lowest BCUT2D eigenvalue weighted by Gasteiger charge is -2.04.